The van der Waals surface area contributed by atoms with E-state index in [1.54, 1.807) is 30.3 Å². The minimum absolute atomic E-state index is 0.297. The van der Waals surface area contributed by atoms with Gasteiger partial charge in [0.1, 0.15) is 6.54 Å². The van der Waals surface area contributed by atoms with E-state index in [1.807, 2.05) is 26.0 Å². The van der Waals surface area contributed by atoms with Gasteiger partial charge in [0, 0.05) is 10.2 Å². The molecule has 2 aromatic carbocycles. The molecule has 0 aliphatic carbocycles. The van der Waals surface area contributed by atoms with Gasteiger partial charge in [-0.15, -0.1) is 0 Å². The molecule has 2 aromatic rings. The van der Waals surface area contributed by atoms with Gasteiger partial charge in [-0.1, -0.05) is 18.2 Å². The van der Waals surface area contributed by atoms with Crippen molar-refractivity contribution < 1.29 is 13.2 Å². The van der Waals surface area contributed by atoms with Crippen LogP contribution in [0.1, 0.15) is 11.1 Å². The number of hydrogen-bond donors (Lipinski definition) is 1. The molecule has 0 unspecified atom stereocenters. The van der Waals surface area contributed by atoms with Crippen molar-refractivity contribution in [3.63, 3.8) is 0 Å². The third-order valence-electron chi connectivity index (χ3n) is 3.60. The van der Waals surface area contributed by atoms with Crippen molar-refractivity contribution in [1.29, 1.82) is 0 Å². The summed E-state index contributed by atoms with van der Waals surface area (Å²) >= 11 is 3.33. The summed E-state index contributed by atoms with van der Waals surface area (Å²) in [5.41, 5.74) is 3.25. The van der Waals surface area contributed by atoms with Crippen LogP contribution >= 0.6 is 15.9 Å². The molecule has 1 amide bonds. The van der Waals surface area contributed by atoms with Crippen molar-refractivity contribution in [3.05, 3.63) is 58.1 Å². The van der Waals surface area contributed by atoms with E-state index in [0.29, 0.717) is 15.8 Å². The van der Waals surface area contributed by atoms with Gasteiger partial charge in [-0.05, 0) is 65.2 Å². The number of amides is 1. The Kier molecular flexibility index (Phi) is 5.66. The number of carbonyl (C=O) groups excluding carboxylic acids is 1. The van der Waals surface area contributed by atoms with E-state index in [2.05, 4.69) is 21.2 Å². The summed E-state index contributed by atoms with van der Waals surface area (Å²) < 4.78 is 25.9. The van der Waals surface area contributed by atoms with Crippen LogP contribution < -0.4 is 9.62 Å². The summed E-state index contributed by atoms with van der Waals surface area (Å²) in [6, 6.07) is 12.4. The van der Waals surface area contributed by atoms with Crippen LogP contribution in [0.25, 0.3) is 0 Å². The van der Waals surface area contributed by atoms with E-state index >= 15 is 0 Å². The molecular weight excluding hydrogens is 392 g/mol. The molecule has 0 radical (unpaired) electrons. The SMILES string of the molecule is Cc1ccc(NC(=O)CN(c2ccccc2Br)S(C)(=O)=O)cc1C. The number of nitrogens with one attached hydrogen (secondary N) is 1. The molecule has 1 N–H and O–H groups in total. The van der Waals surface area contributed by atoms with Crippen LogP contribution in [-0.2, 0) is 14.8 Å². The summed E-state index contributed by atoms with van der Waals surface area (Å²) in [6.07, 6.45) is 1.08. The van der Waals surface area contributed by atoms with Gasteiger partial charge in [0.25, 0.3) is 0 Å². The van der Waals surface area contributed by atoms with Crippen molar-refractivity contribution in [2.45, 2.75) is 13.8 Å². The zero-order chi connectivity index (χ0) is 17.9. The van der Waals surface area contributed by atoms with Gasteiger partial charge < -0.3 is 5.32 Å². The van der Waals surface area contributed by atoms with Crippen molar-refractivity contribution in [2.24, 2.45) is 0 Å². The topological polar surface area (TPSA) is 66.5 Å². The number of halogens is 1. The van der Waals surface area contributed by atoms with Crippen LogP contribution in [-0.4, -0.2) is 27.1 Å². The van der Waals surface area contributed by atoms with Gasteiger partial charge in [-0.2, -0.15) is 0 Å². The van der Waals surface area contributed by atoms with E-state index in [9.17, 15) is 13.2 Å². The van der Waals surface area contributed by atoms with Crippen LogP contribution in [0.3, 0.4) is 0 Å². The predicted molar refractivity (Wildman–Crippen MR) is 101 cm³/mol. The van der Waals surface area contributed by atoms with Crippen LogP contribution in [0, 0.1) is 13.8 Å². The zero-order valence-corrected chi connectivity index (χ0v) is 16.1. The number of nitrogens with zero attached hydrogens (tertiary/aromatic N) is 1. The summed E-state index contributed by atoms with van der Waals surface area (Å²) in [4.78, 5) is 12.3. The maximum atomic E-state index is 12.3. The lowest BCUT2D eigenvalue weighted by Crippen LogP contribution is -2.37. The number of anilines is 2. The average molecular weight is 411 g/mol. The van der Waals surface area contributed by atoms with Crippen LogP contribution in [0.4, 0.5) is 11.4 Å². The third kappa shape index (κ3) is 4.58. The van der Waals surface area contributed by atoms with Crippen LogP contribution in [0.5, 0.6) is 0 Å². The molecule has 0 fully saturated rings. The highest BCUT2D eigenvalue weighted by atomic mass is 79.9. The zero-order valence-electron chi connectivity index (χ0n) is 13.7. The lowest BCUT2D eigenvalue weighted by atomic mass is 10.1. The molecule has 128 valence electrons. The molecular formula is C17H19BrN2O3S. The molecule has 0 heterocycles. The second-order valence-corrected chi connectivity index (χ2v) is 8.33. The Bertz CT molecular complexity index is 866. The second kappa shape index (κ2) is 7.36. The molecule has 0 saturated heterocycles. The van der Waals surface area contributed by atoms with Gasteiger partial charge in [0.05, 0.1) is 11.9 Å². The maximum absolute atomic E-state index is 12.3. The fourth-order valence-electron chi connectivity index (χ4n) is 2.19. The molecule has 0 aliphatic rings. The lowest BCUT2D eigenvalue weighted by Gasteiger charge is -2.23. The second-order valence-electron chi connectivity index (χ2n) is 5.57. The Morgan fingerprint density at radius 2 is 1.79 bits per heavy atom. The molecule has 0 aromatic heterocycles. The minimum Gasteiger partial charge on any atom is -0.325 e. The molecule has 0 atom stereocenters. The largest absolute Gasteiger partial charge is 0.325 e. The number of carbonyl (C=O) groups is 1. The summed E-state index contributed by atoms with van der Waals surface area (Å²) in [6.45, 7) is 3.64. The Hall–Kier alpha value is -1.86. The van der Waals surface area contributed by atoms with Gasteiger partial charge in [0.15, 0.2) is 0 Å². The Morgan fingerprint density at radius 3 is 2.38 bits per heavy atom. The molecule has 7 heteroatoms. The van der Waals surface area contributed by atoms with Crippen molar-refractivity contribution in [2.75, 3.05) is 22.4 Å². The number of benzene rings is 2. The maximum Gasteiger partial charge on any atom is 0.245 e. The molecule has 0 bridgehead atoms. The summed E-state index contributed by atoms with van der Waals surface area (Å²) in [5, 5.41) is 2.74. The smallest absolute Gasteiger partial charge is 0.245 e. The molecule has 2 rings (SSSR count). The number of sulfonamides is 1. The van der Waals surface area contributed by atoms with Crippen LogP contribution in [0.2, 0.25) is 0 Å². The first-order chi connectivity index (χ1) is 11.2. The first-order valence-corrected chi connectivity index (χ1v) is 9.92. The van der Waals surface area contributed by atoms with E-state index < -0.39 is 15.9 Å². The quantitative estimate of drug-likeness (QED) is 0.820. The van der Waals surface area contributed by atoms with E-state index in [0.717, 1.165) is 21.7 Å². The van der Waals surface area contributed by atoms with Gasteiger partial charge >= 0.3 is 0 Å². The van der Waals surface area contributed by atoms with Crippen molar-refractivity contribution in [1.82, 2.24) is 0 Å². The molecule has 0 saturated carbocycles. The van der Waals surface area contributed by atoms with E-state index in [4.69, 9.17) is 0 Å². The molecule has 5 nitrogen and oxygen atoms in total. The molecule has 24 heavy (non-hydrogen) atoms. The lowest BCUT2D eigenvalue weighted by molar-refractivity contribution is -0.114. The first-order valence-electron chi connectivity index (χ1n) is 7.28. The highest BCUT2D eigenvalue weighted by molar-refractivity contribution is 9.10. The van der Waals surface area contributed by atoms with Crippen molar-refractivity contribution >= 4 is 43.2 Å². The predicted octanol–water partition coefficient (Wildman–Crippen LogP) is 3.47. The number of rotatable bonds is 5. The summed E-state index contributed by atoms with van der Waals surface area (Å²) in [5.74, 6) is -0.403. The number of aryl methyl sites for hydroxylation is 2. The third-order valence-corrected chi connectivity index (χ3v) is 5.40. The van der Waals surface area contributed by atoms with Gasteiger partial charge in [0.2, 0.25) is 15.9 Å². The van der Waals surface area contributed by atoms with Crippen molar-refractivity contribution in [3.8, 4) is 0 Å². The number of para-hydroxylation sites is 1. The molecule has 0 aliphatic heterocycles. The van der Waals surface area contributed by atoms with Gasteiger partial charge in [-0.3, -0.25) is 9.10 Å². The number of hydrogen-bond acceptors (Lipinski definition) is 3. The highest BCUT2D eigenvalue weighted by Crippen LogP contribution is 2.27. The Morgan fingerprint density at radius 1 is 1.12 bits per heavy atom. The van der Waals surface area contributed by atoms with E-state index in [-0.39, 0.29) is 6.54 Å². The van der Waals surface area contributed by atoms with E-state index in [1.165, 1.54) is 0 Å². The van der Waals surface area contributed by atoms with Gasteiger partial charge in [-0.25, -0.2) is 8.42 Å². The normalized spacial score (nSPS) is 11.2. The molecule has 0 spiro atoms. The fraction of sp³-hybridized carbons (Fsp3) is 0.235. The fourth-order valence-corrected chi connectivity index (χ4v) is 3.67. The first kappa shape index (κ1) is 18.5. The summed E-state index contributed by atoms with van der Waals surface area (Å²) in [7, 11) is -3.60. The van der Waals surface area contributed by atoms with Crippen LogP contribution in [0.15, 0.2) is 46.9 Å². The average Bonchev–Trinajstić information content (AvgIpc) is 2.48. The standard InChI is InChI=1S/C17H19BrN2O3S/c1-12-8-9-14(10-13(12)2)19-17(21)11-20(24(3,22)23)16-7-5-4-6-15(16)18/h4-10H,11H2,1-3H3,(H,19,21). The monoisotopic (exact) mass is 410 g/mol. The Balaban J connectivity index is 2.22. The Labute approximate surface area is 150 Å². The minimum atomic E-state index is -3.60. The highest BCUT2D eigenvalue weighted by Gasteiger charge is 2.22.